The normalized spacial score (nSPS) is 26.1. The van der Waals surface area contributed by atoms with Gasteiger partial charge in [-0.05, 0) is 56.1 Å². The van der Waals surface area contributed by atoms with Gasteiger partial charge < -0.3 is 14.2 Å². The van der Waals surface area contributed by atoms with Crippen molar-refractivity contribution in [2.24, 2.45) is 17.8 Å². The molecule has 1 aromatic rings. The third-order valence-electron chi connectivity index (χ3n) is 7.28. The van der Waals surface area contributed by atoms with Gasteiger partial charge >= 0.3 is 0 Å². The van der Waals surface area contributed by atoms with Gasteiger partial charge in [-0.15, -0.1) is 0 Å². The van der Waals surface area contributed by atoms with E-state index in [0.29, 0.717) is 31.8 Å². The summed E-state index contributed by atoms with van der Waals surface area (Å²) >= 11 is 0. The maximum Gasteiger partial charge on any atom is 0.204 e. The standard InChI is InChI=1S/C27H42F2O3/c1-3-5-7-8-20-9-12-22(13-10-20)23-14-11-21(18-31-23)19-32-25-16-15-24(26(28)27(25)29)30-17-6-4-2/h15-16,20-23H,3-14,17-19H2,1-2H3. The lowest BCUT2D eigenvalue weighted by atomic mass is 9.76. The predicted molar refractivity (Wildman–Crippen MR) is 124 cm³/mol. The van der Waals surface area contributed by atoms with Crippen molar-refractivity contribution < 1.29 is 23.0 Å². The number of hydrogen-bond acceptors (Lipinski definition) is 3. The highest BCUT2D eigenvalue weighted by Crippen LogP contribution is 2.38. The Labute approximate surface area is 193 Å². The first-order valence-electron chi connectivity index (χ1n) is 13.0. The van der Waals surface area contributed by atoms with E-state index >= 15 is 0 Å². The summed E-state index contributed by atoms with van der Waals surface area (Å²) in [7, 11) is 0. The Balaban J connectivity index is 1.37. The van der Waals surface area contributed by atoms with Crippen LogP contribution in [-0.2, 0) is 4.74 Å². The zero-order valence-corrected chi connectivity index (χ0v) is 20.1. The third kappa shape index (κ3) is 7.33. The molecular formula is C27H42F2O3. The van der Waals surface area contributed by atoms with Gasteiger partial charge in [0.1, 0.15) is 0 Å². The van der Waals surface area contributed by atoms with Crippen LogP contribution in [0.3, 0.4) is 0 Å². The van der Waals surface area contributed by atoms with Gasteiger partial charge in [-0.1, -0.05) is 58.8 Å². The fraction of sp³-hybridized carbons (Fsp3) is 0.778. The largest absolute Gasteiger partial charge is 0.490 e. The Morgan fingerprint density at radius 3 is 2.09 bits per heavy atom. The van der Waals surface area contributed by atoms with Gasteiger partial charge in [0.05, 0.1) is 25.9 Å². The lowest BCUT2D eigenvalue weighted by Crippen LogP contribution is -2.35. The Morgan fingerprint density at radius 2 is 1.47 bits per heavy atom. The van der Waals surface area contributed by atoms with E-state index in [2.05, 4.69) is 6.92 Å². The van der Waals surface area contributed by atoms with Crippen molar-refractivity contribution in [2.75, 3.05) is 19.8 Å². The molecule has 1 saturated carbocycles. The van der Waals surface area contributed by atoms with Crippen molar-refractivity contribution in [1.29, 1.82) is 0 Å². The molecule has 1 aliphatic carbocycles. The van der Waals surface area contributed by atoms with Crippen LogP contribution in [0.4, 0.5) is 8.78 Å². The van der Waals surface area contributed by atoms with Crippen molar-refractivity contribution in [3.63, 3.8) is 0 Å². The van der Waals surface area contributed by atoms with Gasteiger partial charge in [0, 0.05) is 5.92 Å². The molecule has 1 heterocycles. The molecule has 2 unspecified atom stereocenters. The fourth-order valence-electron chi connectivity index (χ4n) is 5.13. The second-order valence-electron chi connectivity index (χ2n) is 9.79. The molecule has 2 fully saturated rings. The van der Waals surface area contributed by atoms with Gasteiger partial charge in [0.25, 0.3) is 0 Å². The van der Waals surface area contributed by atoms with Gasteiger partial charge in [0.2, 0.25) is 11.6 Å². The van der Waals surface area contributed by atoms with E-state index in [0.717, 1.165) is 31.6 Å². The molecule has 1 aromatic carbocycles. The summed E-state index contributed by atoms with van der Waals surface area (Å²) < 4.78 is 45.7. The van der Waals surface area contributed by atoms with E-state index in [1.54, 1.807) is 0 Å². The average molecular weight is 453 g/mol. The summed E-state index contributed by atoms with van der Waals surface area (Å²) in [5.41, 5.74) is 0. The predicted octanol–water partition coefficient (Wildman–Crippen LogP) is 7.70. The maximum atomic E-state index is 14.3. The van der Waals surface area contributed by atoms with Crippen LogP contribution >= 0.6 is 0 Å². The highest BCUT2D eigenvalue weighted by molar-refractivity contribution is 5.35. The molecule has 182 valence electrons. The Hall–Kier alpha value is -1.36. The van der Waals surface area contributed by atoms with Crippen LogP contribution in [0.5, 0.6) is 11.5 Å². The molecule has 0 bridgehead atoms. The van der Waals surface area contributed by atoms with E-state index in [1.165, 1.54) is 63.5 Å². The highest BCUT2D eigenvalue weighted by Gasteiger charge is 2.32. The molecule has 32 heavy (non-hydrogen) atoms. The zero-order valence-electron chi connectivity index (χ0n) is 20.1. The molecular weight excluding hydrogens is 410 g/mol. The summed E-state index contributed by atoms with van der Waals surface area (Å²) in [4.78, 5) is 0. The van der Waals surface area contributed by atoms with E-state index in [1.807, 2.05) is 6.92 Å². The molecule has 3 nitrogen and oxygen atoms in total. The van der Waals surface area contributed by atoms with Crippen LogP contribution in [0.15, 0.2) is 12.1 Å². The molecule has 0 N–H and O–H groups in total. The quantitative estimate of drug-likeness (QED) is 0.304. The number of benzene rings is 1. The van der Waals surface area contributed by atoms with Crippen LogP contribution in [0, 0.1) is 29.4 Å². The zero-order chi connectivity index (χ0) is 22.8. The molecule has 2 atom stereocenters. The van der Waals surface area contributed by atoms with Crippen LogP contribution in [0.2, 0.25) is 0 Å². The fourth-order valence-corrected chi connectivity index (χ4v) is 5.13. The summed E-state index contributed by atoms with van der Waals surface area (Å²) in [6, 6.07) is 2.92. The number of rotatable bonds is 12. The lowest BCUT2D eigenvalue weighted by molar-refractivity contribution is -0.0656. The van der Waals surface area contributed by atoms with Crippen LogP contribution in [-0.4, -0.2) is 25.9 Å². The Morgan fingerprint density at radius 1 is 0.812 bits per heavy atom. The second-order valence-corrected chi connectivity index (χ2v) is 9.79. The van der Waals surface area contributed by atoms with Crippen molar-refractivity contribution >= 4 is 0 Å². The maximum absolute atomic E-state index is 14.3. The topological polar surface area (TPSA) is 27.7 Å². The van der Waals surface area contributed by atoms with Crippen molar-refractivity contribution in [3.05, 3.63) is 23.8 Å². The van der Waals surface area contributed by atoms with Crippen molar-refractivity contribution in [2.45, 2.75) is 97.0 Å². The summed E-state index contributed by atoms with van der Waals surface area (Å²) in [5, 5.41) is 0. The second kappa shape index (κ2) is 13.4. The van der Waals surface area contributed by atoms with Crippen LogP contribution in [0.1, 0.15) is 90.9 Å². The minimum absolute atomic E-state index is 0.0474. The summed E-state index contributed by atoms with van der Waals surface area (Å²) in [5.74, 6) is -0.207. The highest BCUT2D eigenvalue weighted by atomic mass is 19.2. The first kappa shape index (κ1) is 25.3. The van der Waals surface area contributed by atoms with Gasteiger partial charge in [-0.2, -0.15) is 8.78 Å². The molecule has 2 aliphatic rings. The smallest absolute Gasteiger partial charge is 0.204 e. The number of halogens is 2. The van der Waals surface area contributed by atoms with Gasteiger partial charge in [-0.25, -0.2) is 0 Å². The van der Waals surface area contributed by atoms with E-state index < -0.39 is 11.6 Å². The van der Waals surface area contributed by atoms with E-state index in [4.69, 9.17) is 14.2 Å². The monoisotopic (exact) mass is 452 g/mol. The van der Waals surface area contributed by atoms with Crippen molar-refractivity contribution in [1.82, 2.24) is 0 Å². The van der Waals surface area contributed by atoms with E-state index in [-0.39, 0.29) is 17.4 Å². The SMILES string of the molecule is CCCCCC1CCC(C2CCC(COc3ccc(OCCCC)c(F)c3F)CO2)CC1. The number of unbranched alkanes of at least 4 members (excludes halogenated alkanes) is 3. The lowest BCUT2D eigenvalue weighted by Gasteiger charge is -2.37. The molecule has 0 aromatic heterocycles. The third-order valence-corrected chi connectivity index (χ3v) is 7.28. The minimum Gasteiger partial charge on any atom is -0.490 e. The minimum atomic E-state index is -0.969. The first-order valence-corrected chi connectivity index (χ1v) is 13.0. The van der Waals surface area contributed by atoms with Crippen molar-refractivity contribution in [3.8, 4) is 11.5 Å². The van der Waals surface area contributed by atoms with Crippen LogP contribution < -0.4 is 9.47 Å². The molecule has 0 radical (unpaired) electrons. The summed E-state index contributed by atoms with van der Waals surface area (Å²) in [6.45, 7) is 5.67. The Kier molecular flexibility index (Phi) is 10.6. The van der Waals surface area contributed by atoms with E-state index in [9.17, 15) is 8.78 Å². The molecule has 5 heteroatoms. The number of ether oxygens (including phenoxy) is 3. The number of hydrogen-bond donors (Lipinski definition) is 0. The Bertz CT molecular complexity index is 665. The van der Waals surface area contributed by atoms with Crippen LogP contribution in [0.25, 0.3) is 0 Å². The average Bonchev–Trinajstić information content (AvgIpc) is 2.82. The molecule has 1 saturated heterocycles. The summed E-state index contributed by atoms with van der Waals surface area (Å²) in [6.07, 6.45) is 14.9. The van der Waals surface area contributed by atoms with Gasteiger partial charge in [0.15, 0.2) is 11.5 Å². The molecule has 0 amide bonds. The van der Waals surface area contributed by atoms with Gasteiger partial charge in [-0.3, -0.25) is 0 Å². The first-order chi connectivity index (χ1) is 15.6. The molecule has 3 rings (SSSR count). The molecule has 1 aliphatic heterocycles. The molecule has 0 spiro atoms.